The van der Waals surface area contributed by atoms with Gasteiger partial charge in [-0.2, -0.15) is 0 Å². The van der Waals surface area contributed by atoms with Gasteiger partial charge in [0.25, 0.3) is 11.5 Å². The monoisotopic (exact) mass is 427 g/mol. The topological polar surface area (TPSA) is 134 Å². The molecule has 2 aromatic carbocycles. The number of amides is 1. The normalized spacial score (nSPS) is 11.3. The van der Waals surface area contributed by atoms with Gasteiger partial charge in [-0.25, -0.2) is 9.97 Å². The zero-order valence-corrected chi connectivity index (χ0v) is 17.3. The molecule has 1 amide bonds. The molecule has 9 heteroatoms. The molecule has 0 saturated carbocycles. The van der Waals surface area contributed by atoms with E-state index >= 15 is 0 Å². The Morgan fingerprint density at radius 1 is 1.16 bits per heavy atom. The molecule has 3 heterocycles. The van der Waals surface area contributed by atoms with Crippen LogP contribution in [0.4, 0.5) is 5.69 Å². The molecule has 0 fully saturated rings. The Morgan fingerprint density at radius 2 is 2.00 bits per heavy atom. The average Bonchev–Trinajstić information content (AvgIpc) is 3.35. The fourth-order valence-corrected chi connectivity index (χ4v) is 3.74. The molecule has 0 bridgehead atoms. The summed E-state index contributed by atoms with van der Waals surface area (Å²) in [5.41, 5.74) is 10.5. The molecule has 0 aliphatic rings. The maximum absolute atomic E-state index is 12.6. The lowest BCUT2D eigenvalue weighted by molar-refractivity contribution is 0.0954. The number of hydrogen-bond acceptors (Lipinski definition) is 5. The number of nitrogens with one attached hydrogen (secondary N) is 3. The number of rotatable bonds is 5. The lowest BCUT2D eigenvalue weighted by atomic mass is 10.1. The fourth-order valence-electron chi connectivity index (χ4n) is 3.74. The highest BCUT2D eigenvalue weighted by Crippen LogP contribution is 2.31. The quantitative estimate of drug-likeness (QED) is 0.342. The van der Waals surface area contributed by atoms with E-state index in [0.29, 0.717) is 46.3 Å². The first-order chi connectivity index (χ1) is 15.5. The molecule has 0 aliphatic heterocycles. The van der Waals surface area contributed by atoms with E-state index in [-0.39, 0.29) is 17.2 Å². The molecule has 0 atom stereocenters. The Labute approximate surface area is 182 Å². The van der Waals surface area contributed by atoms with Crippen molar-refractivity contribution in [3.05, 3.63) is 76.6 Å². The number of nitrogens with zero attached hydrogens (tertiary/aromatic N) is 3. The van der Waals surface area contributed by atoms with Gasteiger partial charge in [0.15, 0.2) is 5.69 Å². The summed E-state index contributed by atoms with van der Waals surface area (Å²) in [6.07, 6.45) is 4.29. The van der Waals surface area contributed by atoms with Gasteiger partial charge in [0.2, 0.25) is 0 Å². The Hall–Kier alpha value is -4.40. The van der Waals surface area contributed by atoms with Gasteiger partial charge in [-0.15, -0.1) is 0 Å². The summed E-state index contributed by atoms with van der Waals surface area (Å²) in [5.74, 6) is -0.202. The minimum atomic E-state index is -0.338. The number of aromatic amines is 2. The van der Waals surface area contributed by atoms with Crippen molar-refractivity contribution in [1.82, 2.24) is 29.8 Å². The first-order valence-corrected chi connectivity index (χ1v) is 10.2. The maximum Gasteiger partial charge on any atom is 0.276 e. The van der Waals surface area contributed by atoms with Gasteiger partial charge >= 0.3 is 0 Å². The number of fused-ring (bicyclic) bond motifs is 2. The Bertz CT molecular complexity index is 1530. The molecule has 0 unspecified atom stereocenters. The Morgan fingerprint density at radius 3 is 2.81 bits per heavy atom. The summed E-state index contributed by atoms with van der Waals surface area (Å²) >= 11 is 0. The zero-order valence-electron chi connectivity index (χ0n) is 17.3. The highest BCUT2D eigenvalue weighted by Gasteiger charge is 2.17. The van der Waals surface area contributed by atoms with E-state index in [1.54, 1.807) is 30.6 Å². The number of carbonyl (C=O) groups excluding carboxylic acids is 1. The van der Waals surface area contributed by atoms with Crippen molar-refractivity contribution in [2.45, 2.75) is 6.42 Å². The van der Waals surface area contributed by atoms with Crippen LogP contribution < -0.4 is 16.6 Å². The molecule has 5 N–H and O–H groups in total. The van der Waals surface area contributed by atoms with E-state index in [1.807, 2.05) is 36.0 Å². The average molecular weight is 427 g/mol. The van der Waals surface area contributed by atoms with Gasteiger partial charge in [-0.1, -0.05) is 12.1 Å². The number of nitrogen functional groups attached to an aromatic ring is 1. The van der Waals surface area contributed by atoms with Crippen molar-refractivity contribution in [1.29, 1.82) is 0 Å². The van der Waals surface area contributed by atoms with Crippen LogP contribution in [0.1, 0.15) is 16.1 Å². The number of aryl methyl sites for hydroxylation is 1. The SMILES string of the molecule is Cn1cnc(CCNC(=O)c2ccc3[nH]c(-c4nc5ccccc5[nH]c4=O)c(N)c3c2)c1. The number of hydrogen-bond donors (Lipinski definition) is 4. The van der Waals surface area contributed by atoms with E-state index < -0.39 is 0 Å². The summed E-state index contributed by atoms with van der Waals surface area (Å²) in [5, 5.41) is 3.56. The molecule has 5 aromatic rings. The second-order valence-electron chi connectivity index (χ2n) is 7.64. The van der Waals surface area contributed by atoms with Crippen LogP contribution in [0.5, 0.6) is 0 Å². The van der Waals surface area contributed by atoms with Crippen molar-refractivity contribution in [3.63, 3.8) is 0 Å². The van der Waals surface area contributed by atoms with E-state index in [1.165, 1.54) is 0 Å². The van der Waals surface area contributed by atoms with Gasteiger partial charge in [0.05, 0.1) is 34.4 Å². The Kier molecular flexibility index (Phi) is 4.70. The lowest BCUT2D eigenvalue weighted by Crippen LogP contribution is -2.25. The van der Waals surface area contributed by atoms with Crippen molar-refractivity contribution < 1.29 is 4.79 Å². The van der Waals surface area contributed by atoms with Crippen LogP contribution in [0.2, 0.25) is 0 Å². The molecule has 0 aliphatic carbocycles. The number of aromatic nitrogens is 5. The van der Waals surface area contributed by atoms with Crippen molar-refractivity contribution in [3.8, 4) is 11.4 Å². The van der Waals surface area contributed by atoms with Crippen LogP contribution in [0.25, 0.3) is 33.3 Å². The first-order valence-electron chi connectivity index (χ1n) is 10.2. The third-order valence-electron chi connectivity index (χ3n) is 5.36. The zero-order chi connectivity index (χ0) is 22.2. The van der Waals surface area contributed by atoms with E-state index in [9.17, 15) is 9.59 Å². The molecular weight excluding hydrogens is 406 g/mol. The van der Waals surface area contributed by atoms with Crippen LogP contribution in [0.3, 0.4) is 0 Å². The smallest absolute Gasteiger partial charge is 0.276 e. The van der Waals surface area contributed by atoms with Crippen LogP contribution in [0, 0.1) is 0 Å². The molecule has 32 heavy (non-hydrogen) atoms. The predicted molar refractivity (Wildman–Crippen MR) is 123 cm³/mol. The van der Waals surface area contributed by atoms with Gasteiger partial charge in [-0.3, -0.25) is 9.59 Å². The summed E-state index contributed by atoms with van der Waals surface area (Å²) in [6.45, 7) is 0.470. The number of nitrogens with two attached hydrogens (primary N) is 1. The predicted octanol–water partition coefficient (Wildman–Crippen LogP) is 2.36. The third kappa shape index (κ3) is 3.49. The van der Waals surface area contributed by atoms with Crippen LogP contribution in [0.15, 0.2) is 59.8 Å². The third-order valence-corrected chi connectivity index (χ3v) is 5.36. The van der Waals surface area contributed by atoms with Crippen molar-refractivity contribution in [2.75, 3.05) is 12.3 Å². The van der Waals surface area contributed by atoms with Crippen LogP contribution in [-0.4, -0.2) is 37.0 Å². The minimum Gasteiger partial charge on any atom is -0.396 e. The number of para-hydroxylation sites is 2. The number of carbonyl (C=O) groups is 1. The van der Waals surface area contributed by atoms with Crippen molar-refractivity contribution >= 4 is 33.5 Å². The summed E-state index contributed by atoms with van der Waals surface area (Å²) < 4.78 is 1.87. The van der Waals surface area contributed by atoms with E-state index in [2.05, 4.69) is 25.3 Å². The van der Waals surface area contributed by atoms with Gasteiger partial charge in [-0.05, 0) is 30.3 Å². The summed E-state index contributed by atoms with van der Waals surface area (Å²) in [6, 6.07) is 12.5. The highest BCUT2D eigenvalue weighted by molar-refractivity contribution is 6.04. The minimum absolute atomic E-state index is 0.202. The molecule has 0 saturated heterocycles. The fraction of sp³-hybridized carbons (Fsp3) is 0.130. The molecule has 160 valence electrons. The molecule has 0 spiro atoms. The number of anilines is 1. The molecular formula is C23H21N7O2. The van der Waals surface area contributed by atoms with E-state index in [0.717, 1.165) is 11.2 Å². The summed E-state index contributed by atoms with van der Waals surface area (Å²) in [4.78, 5) is 40.0. The number of H-pyrrole nitrogens is 2. The summed E-state index contributed by atoms with van der Waals surface area (Å²) in [7, 11) is 1.90. The van der Waals surface area contributed by atoms with Crippen LogP contribution in [-0.2, 0) is 13.5 Å². The van der Waals surface area contributed by atoms with Crippen molar-refractivity contribution in [2.24, 2.45) is 7.05 Å². The molecule has 3 aromatic heterocycles. The van der Waals surface area contributed by atoms with E-state index in [4.69, 9.17) is 5.73 Å². The highest BCUT2D eigenvalue weighted by atomic mass is 16.1. The maximum atomic E-state index is 12.6. The molecule has 9 nitrogen and oxygen atoms in total. The molecule has 5 rings (SSSR count). The second kappa shape index (κ2) is 7.69. The molecule has 0 radical (unpaired) electrons. The number of benzene rings is 2. The second-order valence-corrected chi connectivity index (χ2v) is 7.64. The first kappa shape index (κ1) is 19.6. The lowest BCUT2D eigenvalue weighted by Gasteiger charge is -2.05. The Balaban J connectivity index is 1.43. The van der Waals surface area contributed by atoms with Gasteiger partial charge in [0, 0.05) is 42.7 Å². The number of imidazole rings is 1. The van der Waals surface area contributed by atoms with Crippen LogP contribution >= 0.6 is 0 Å². The standard InChI is InChI=1S/C23H21N7O2/c1-30-11-14(26-12-30)8-9-25-22(31)13-6-7-16-15(10-13)19(24)20(27-16)21-23(32)29-18-5-3-2-4-17(18)28-21/h2-7,10-12,27H,8-9,24H2,1H3,(H,25,31)(H,29,32). The van der Waals surface area contributed by atoms with Gasteiger partial charge < -0.3 is 25.6 Å². The largest absolute Gasteiger partial charge is 0.396 e. The van der Waals surface area contributed by atoms with Gasteiger partial charge in [0.1, 0.15) is 0 Å².